The molecule has 2 aliphatic heterocycles. The van der Waals surface area contributed by atoms with Crippen molar-refractivity contribution in [3.05, 3.63) is 0 Å². The van der Waals surface area contributed by atoms with Gasteiger partial charge in [-0.15, -0.1) is 0 Å². The topological polar surface area (TPSA) is 72.9 Å². The lowest BCUT2D eigenvalue weighted by Crippen LogP contribution is -2.62. The molecular weight excluding hydrogens is 270 g/mol. The predicted molar refractivity (Wildman–Crippen MR) is 80.2 cm³/mol. The van der Waals surface area contributed by atoms with Gasteiger partial charge in [-0.2, -0.15) is 0 Å². The molecule has 0 aliphatic carbocycles. The van der Waals surface area contributed by atoms with Crippen LogP contribution in [-0.4, -0.2) is 65.2 Å². The fourth-order valence-corrected chi connectivity index (χ4v) is 3.47. The number of carbonyl (C=O) groups excluding carboxylic acids is 1. The predicted octanol–water partition coefficient (Wildman–Crippen LogP) is 1.37. The number of piperidine rings is 2. The first-order chi connectivity index (χ1) is 9.84. The van der Waals surface area contributed by atoms with E-state index >= 15 is 0 Å². The standard InChI is InChI=1S/C15H27N3O3/c1-11-10-17(3)9-6-12(11)16-14(21)18-8-5-4-7-15(18,2)13(19)20/h11-12H,4-10H2,1-3H3,(H,16,21)(H,19,20). The van der Waals surface area contributed by atoms with Crippen molar-refractivity contribution in [2.75, 3.05) is 26.7 Å². The molecule has 0 aromatic heterocycles. The van der Waals surface area contributed by atoms with E-state index in [4.69, 9.17) is 0 Å². The number of carboxylic acid groups (broad SMARTS) is 1. The number of nitrogens with zero attached hydrogens (tertiary/aromatic N) is 2. The molecule has 0 bridgehead atoms. The first-order valence-corrected chi connectivity index (χ1v) is 7.84. The number of carboxylic acids is 1. The Morgan fingerprint density at radius 1 is 1.29 bits per heavy atom. The van der Waals surface area contributed by atoms with Gasteiger partial charge in [0.15, 0.2) is 0 Å². The number of urea groups is 1. The summed E-state index contributed by atoms with van der Waals surface area (Å²) in [5, 5.41) is 12.5. The molecule has 2 aliphatic rings. The fourth-order valence-electron chi connectivity index (χ4n) is 3.47. The number of amides is 2. The molecule has 2 saturated heterocycles. The van der Waals surface area contributed by atoms with E-state index in [0.29, 0.717) is 18.9 Å². The van der Waals surface area contributed by atoms with Crippen LogP contribution < -0.4 is 5.32 Å². The molecule has 21 heavy (non-hydrogen) atoms. The average molecular weight is 297 g/mol. The molecule has 6 nitrogen and oxygen atoms in total. The molecule has 0 radical (unpaired) electrons. The van der Waals surface area contributed by atoms with Crippen LogP contribution in [0.15, 0.2) is 0 Å². The molecule has 2 rings (SSSR count). The van der Waals surface area contributed by atoms with Crippen molar-refractivity contribution in [2.45, 2.75) is 51.1 Å². The molecule has 0 spiro atoms. The fraction of sp³-hybridized carbons (Fsp3) is 0.867. The van der Waals surface area contributed by atoms with Crippen LogP contribution in [0.5, 0.6) is 0 Å². The Kier molecular flexibility index (Phi) is 4.76. The lowest BCUT2D eigenvalue weighted by atomic mass is 9.88. The zero-order valence-electron chi connectivity index (χ0n) is 13.3. The zero-order chi connectivity index (χ0) is 15.6. The SMILES string of the molecule is CC1CN(C)CCC1NC(=O)N1CCCCC1(C)C(=O)O. The van der Waals surface area contributed by atoms with Crippen molar-refractivity contribution in [3.63, 3.8) is 0 Å². The Hall–Kier alpha value is -1.30. The second-order valence-corrected chi connectivity index (χ2v) is 6.77. The first-order valence-electron chi connectivity index (χ1n) is 7.84. The van der Waals surface area contributed by atoms with Crippen LogP contribution in [0.25, 0.3) is 0 Å². The lowest BCUT2D eigenvalue weighted by Gasteiger charge is -2.43. The number of hydrogen-bond donors (Lipinski definition) is 2. The number of rotatable bonds is 2. The summed E-state index contributed by atoms with van der Waals surface area (Å²) in [6.45, 7) is 6.24. The number of likely N-dealkylation sites (tertiary alicyclic amines) is 2. The second kappa shape index (κ2) is 6.22. The summed E-state index contributed by atoms with van der Waals surface area (Å²) in [5.41, 5.74) is -1.07. The van der Waals surface area contributed by atoms with Crippen LogP contribution in [0.2, 0.25) is 0 Å². The normalized spacial score (nSPS) is 34.5. The minimum atomic E-state index is -1.07. The van der Waals surface area contributed by atoms with Gasteiger partial charge in [-0.25, -0.2) is 9.59 Å². The molecule has 3 atom stereocenters. The Morgan fingerprint density at radius 3 is 2.62 bits per heavy atom. The van der Waals surface area contributed by atoms with Crippen molar-refractivity contribution in [3.8, 4) is 0 Å². The Morgan fingerprint density at radius 2 is 2.00 bits per heavy atom. The lowest BCUT2D eigenvalue weighted by molar-refractivity contribution is -0.150. The maximum Gasteiger partial charge on any atom is 0.329 e. The van der Waals surface area contributed by atoms with Crippen LogP contribution in [0.1, 0.15) is 39.5 Å². The molecule has 2 fully saturated rings. The van der Waals surface area contributed by atoms with Gasteiger partial charge in [0.25, 0.3) is 0 Å². The van der Waals surface area contributed by atoms with E-state index in [1.165, 1.54) is 4.90 Å². The summed E-state index contributed by atoms with van der Waals surface area (Å²) in [6, 6.07) is -0.0883. The van der Waals surface area contributed by atoms with Gasteiger partial charge in [-0.3, -0.25) is 0 Å². The highest BCUT2D eigenvalue weighted by molar-refractivity contribution is 5.86. The molecule has 120 valence electrons. The largest absolute Gasteiger partial charge is 0.480 e. The van der Waals surface area contributed by atoms with Crippen molar-refractivity contribution >= 4 is 12.0 Å². The number of aliphatic carboxylic acids is 1. The van der Waals surface area contributed by atoms with Crippen LogP contribution in [0, 0.1) is 5.92 Å². The van der Waals surface area contributed by atoms with Crippen LogP contribution in [0.4, 0.5) is 4.79 Å². The van der Waals surface area contributed by atoms with E-state index in [9.17, 15) is 14.7 Å². The third-order valence-electron chi connectivity index (χ3n) is 5.01. The van der Waals surface area contributed by atoms with Crippen LogP contribution >= 0.6 is 0 Å². The summed E-state index contributed by atoms with van der Waals surface area (Å²) in [4.78, 5) is 27.9. The maximum atomic E-state index is 12.6. The van der Waals surface area contributed by atoms with E-state index < -0.39 is 11.5 Å². The summed E-state index contributed by atoms with van der Waals surface area (Å²) >= 11 is 0. The smallest absolute Gasteiger partial charge is 0.329 e. The van der Waals surface area contributed by atoms with Gasteiger partial charge in [0.2, 0.25) is 0 Å². The molecule has 2 N–H and O–H groups in total. The molecule has 2 amide bonds. The molecule has 0 saturated carbocycles. The maximum absolute atomic E-state index is 12.6. The van der Waals surface area contributed by atoms with Gasteiger partial charge in [0.1, 0.15) is 5.54 Å². The second-order valence-electron chi connectivity index (χ2n) is 6.77. The average Bonchev–Trinajstić information content (AvgIpc) is 2.42. The number of nitrogens with one attached hydrogen (secondary N) is 1. The quantitative estimate of drug-likeness (QED) is 0.807. The summed E-state index contributed by atoms with van der Waals surface area (Å²) in [6.07, 6.45) is 3.18. The van der Waals surface area contributed by atoms with Gasteiger partial charge >= 0.3 is 12.0 Å². The van der Waals surface area contributed by atoms with E-state index in [2.05, 4.69) is 24.2 Å². The Bertz CT molecular complexity index is 415. The molecule has 0 aromatic carbocycles. The number of carbonyl (C=O) groups is 2. The highest BCUT2D eigenvalue weighted by Crippen LogP contribution is 2.28. The zero-order valence-corrected chi connectivity index (χ0v) is 13.3. The Balaban J connectivity index is 2.03. The third-order valence-corrected chi connectivity index (χ3v) is 5.01. The monoisotopic (exact) mass is 297 g/mol. The van der Waals surface area contributed by atoms with Gasteiger partial charge in [-0.05, 0) is 52.1 Å². The van der Waals surface area contributed by atoms with Crippen LogP contribution in [0.3, 0.4) is 0 Å². The molecular formula is C15H27N3O3. The summed E-state index contributed by atoms with van der Waals surface area (Å²) in [5.74, 6) is -0.526. The van der Waals surface area contributed by atoms with E-state index in [-0.39, 0.29) is 12.1 Å². The van der Waals surface area contributed by atoms with E-state index in [0.717, 1.165) is 32.4 Å². The van der Waals surface area contributed by atoms with Gasteiger partial charge in [-0.1, -0.05) is 6.92 Å². The Labute approximate surface area is 126 Å². The van der Waals surface area contributed by atoms with Gasteiger partial charge in [0.05, 0.1) is 0 Å². The molecule has 3 unspecified atom stereocenters. The molecule has 6 heteroatoms. The minimum absolute atomic E-state index is 0.133. The van der Waals surface area contributed by atoms with E-state index in [1.807, 2.05) is 0 Å². The van der Waals surface area contributed by atoms with Crippen molar-refractivity contribution in [1.29, 1.82) is 0 Å². The summed E-state index contributed by atoms with van der Waals surface area (Å²) < 4.78 is 0. The third kappa shape index (κ3) is 3.31. The van der Waals surface area contributed by atoms with Gasteiger partial charge < -0.3 is 20.2 Å². The summed E-state index contributed by atoms with van der Waals surface area (Å²) in [7, 11) is 2.08. The molecule has 2 heterocycles. The van der Waals surface area contributed by atoms with Crippen LogP contribution in [-0.2, 0) is 4.79 Å². The van der Waals surface area contributed by atoms with Crippen molar-refractivity contribution < 1.29 is 14.7 Å². The highest BCUT2D eigenvalue weighted by atomic mass is 16.4. The van der Waals surface area contributed by atoms with Gasteiger partial charge in [0, 0.05) is 19.1 Å². The highest BCUT2D eigenvalue weighted by Gasteiger charge is 2.44. The van der Waals surface area contributed by atoms with E-state index in [1.54, 1.807) is 6.92 Å². The van der Waals surface area contributed by atoms with Crippen molar-refractivity contribution in [2.24, 2.45) is 5.92 Å². The van der Waals surface area contributed by atoms with Crippen molar-refractivity contribution in [1.82, 2.24) is 15.1 Å². The molecule has 0 aromatic rings. The minimum Gasteiger partial charge on any atom is -0.480 e. The number of hydrogen-bond acceptors (Lipinski definition) is 3. The first kappa shape index (κ1) is 16.1.